The van der Waals surface area contributed by atoms with E-state index in [9.17, 15) is 4.79 Å². The summed E-state index contributed by atoms with van der Waals surface area (Å²) in [5.74, 6) is 0.753. The molecule has 22 heavy (non-hydrogen) atoms. The highest BCUT2D eigenvalue weighted by Gasteiger charge is 2.14. The summed E-state index contributed by atoms with van der Waals surface area (Å²) in [5, 5.41) is 6.79. The lowest BCUT2D eigenvalue weighted by Gasteiger charge is -2.05. The van der Waals surface area contributed by atoms with Crippen molar-refractivity contribution >= 4 is 11.6 Å². The van der Waals surface area contributed by atoms with Gasteiger partial charge in [0, 0.05) is 12.5 Å². The summed E-state index contributed by atoms with van der Waals surface area (Å²) in [6.07, 6.45) is 0. The molecular weight excluding hydrogens is 278 g/mol. The number of nitrogens with one attached hydrogen (secondary N) is 1. The fourth-order valence-corrected chi connectivity index (χ4v) is 2.20. The maximum Gasteiger partial charge on any atom is 0.260 e. The summed E-state index contributed by atoms with van der Waals surface area (Å²) >= 11 is 0. The van der Waals surface area contributed by atoms with Gasteiger partial charge in [-0.15, -0.1) is 0 Å². The first-order valence-corrected chi connectivity index (χ1v) is 6.91. The monoisotopic (exact) mass is 293 g/mol. The second kappa shape index (κ2) is 5.81. The van der Waals surface area contributed by atoms with Gasteiger partial charge in [0.05, 0.1) is 11.3 Å². The van der Waals surface area contributed by atoms with Crippen molar-refractivity contribution in [2.24, 2.45) is 0 Å². The maximum absolute atomic E-state index is 11.3. The summed E-state index contributed by atoms with van der Waals surface area (Å²) in [6, 6.07) is 15.2. The number of aromatic nitrogens is 2. The van der Waals surface area contributed by atoms with Crippen molar-refractivity contribution in [1.29, 1.82) is 0 Å². The molecule has 5 nitrogen and oxygen atoms in total. The lowest BCUT2D eigenvalue weighted by atomic mass is 10.1. The van der Waals surface area contributed by atoms with E-state index in [1.54, 1.807) is 6.07 Å². The molecule has 2 aromatic carbocycles. The molecule has 0 radical (unpaired) electrons. The Morgan fingerprint density at radius 3 is 2.73 bits per heavy atom. The van der Waals surface area contributed by atoms with Crippen LogP contribution in [-0.4, -0.2) is 16.0 Å². The first-order chi connectivity index (χ1) is 10.6. The molecule has 0 aliphatic heterocycles. The van der Waals surface area contributed by atoms with Crippen LogP contribution in [0.4, 0.5) is 5.69 Å². The van der Waals surface area contributed by atoms with Crippen LogP contribution in [0.15, 0.2) is 53.1 Å². The molecule has 0 saturated heterocycles. The van der Waals surface area contributed by atoms with E-state index in [2.05, 4.69) is 15.5 Å². The molecule has 0 fully saturated rings. The van der Waals surface area contributed by atoms with E-state index in [4.69, 9.17) is 4.52 Å². The average molecular weight is 293 g/mol. The number of hydrogen-bond donors (Lipinski definition) is 1. The Hall–Kier alpha value is -2.95. The molecule has 0 aliphatic rings. The van der Waals surface area contributed by atoms with E-state index in [1.165, 1.54) is 6.92 Å². The number of rotatable bonds is 3. The molecule has 0 spiro atoms. The molecule has 110 valence electrons. The number of amides is 1. The SMILES string of the molecule is CC(=O)Nc1ccccc1-c1nc(-c2cccc(C)c2)no1. The van der Waals surface area contributed by atoms with Crippen LogP contribution >= 0.6 is 0 Å². The topological polar surface area (TPSA) is 68.0 Å². The van der Waals surface area contributed by atoms with Gasteiger partial charge in [0.2, 0.25) is 11.7 Å². The minimum atomic E-state index is -0.147. The number of anilines is 1. The van der Waals surface area contributed by atoms with Crippen molar-refractivity contribution < 1.29 is 9.32 Å². The highest BCUT2D eigenvalue weighted by Crippen LogP contribution is 2.28. The fourth-order valence-electron chi connectivity index (χ4n) is 2.20. The van der Waals surface area contributed by atoms with Crippen LogP contribution in [0.25, 0.3) is 22.8 Å². The lowest BCUT2D eigenvalue weighted by Crippen LogP contribution is -2.06. The smallest absolute Gasteiger partial charge is 0.260 e. The van der Waals surface area contributed by atoms with Crippen molar-refractivity contribution in [3.05, 3.63) is 54.1 Å². The van der Waals surface area contributed by atoms with E-state index in [0.29, 0.717) is 23.0 Å². The van der Waals surface area contributed by atoms with Gasteiger partial charge in [-0.25, -0.2) is 0 Å². The van der Waals surface area contributed by atoms with Crippen molar-refractivity contribution in [2.75, 3.05) is 5.32 Å². The van der Waals surface area contributed by atoms with E-state index in [1.807, 2.05) is 49.4 Å². The Morgan fingerprint density at radius 2 is 1.95 bits per heavy atom. The van der Waals surface area contributed by atoms with Gasteiger partial charge >= 0.3 is 0 Å². The summed E-state index contributed by atoms with van der Waals surface area (Å²) < 4.78 is 5.35. The van der Waals surface area contributed by atoms with Gasteiger partial charge in [0.25, 0.3) is 5.89 Å². The molecule has 0 unspecified atom stereocenters. The van der Waals surface area contributed by atoms with Crippen LogP contribution in [0.5, 0.6) is 0 Å². The number of nitrogens with zero attached hydrogens (tertiary/aromatic N) is 2. The van der Waals surface area contributed by atoms with Crippen molar-refractivity contribution in [2.45, 2.75) is 13.8 Å². The Balaban J connectivity index is 1.99. The third-order valence-corrected chi connectivity index (χ3v) is 3.17. The van der Waals surface area contributed by atoms with Gasteiger partial charge < -0.3 is 9.84 Å². The zero-order chi connectivity index (χ0) is 15.5. The van der Waals surface area contributed by atoms with Gasteiger partial charge in [-0.3, -0.25) is 4.79 Å². The minimum absolute atomic E-state index is 0.147. The average Bonchev–Trinajstić information content (AvgIpc) is 2.97. The van der Waals surface area contributed by atoms with Gasteiger partial charge in [0.1, 0.15) is 0 Å². The standard InChI is InChI=1S/C17H15N3O2/c1-11-6-5-7-13(10-11)16-19-17(22-20-16)14-8-3-4-9-15(14)18-12(2)21/h3-10H,1-2H3,(H,18,21). The molecule has 0 aliphatic carbocycles. The molecule has 1 amide bonds. The van der Waals surface area contributed by atoms with Crippen LogP contribution in [0.3, 0.4) is 0 Å². The molecule has 1 N–H and O–H groups in total. The third-order valence-electron chi connectivity index (χ3n) is 3.17. The third kappa shape index (κ3) is 2.88. The van der Waals surface area contributed by atoms with Crippen molar-refractivity contribution in [1.82, 2.24) is 10.1 Å². The predicted molar refractivity (Wildman–Crippen MR) is 84.2 cm³/mol. The maximum atomic E-state index is 11.3. The number of benzene rings is 2. The second-order valence-electron chi connectivity index (χ2n) is 5.02. The molecule has 0 bridgehead atoms. The first-order valence-electron chi connectivity index (χ1n) is 6.91. The number of aryl methyl sites for hydroxylation is 1. The van der Waals surface area contributed by atoms with Crippen LogP contribution < -0.4 is 5.32 Å². The molecule has 1 heterocycles. The molecule has 0 atom stereocenters. The molecule has 0 saturated carbocycles. The van der Waals surface area contributed by atoms with E-state index < -0.39 is 0 Å². The van der Waals surface area contributed by atoms with Gasteiger partial charge in [-0.05, 0) is 25.1 Å². The summed E-state index contributed by atoms with van der Waals surface area (Å²) in [6.45, 7) is 3.47. The van der Waals surface area contributed by atoms with Gasteiger partial charge in [-0.1, -0.05) is 41.1 Å². The zero-order valence-electron chi connectivity index (χ0n) is 12.3. The predicted octanol–water partition coefficient (Wildman–Crippen LogP) is 3.67. The molecule has 3 aromatic rings. The first kappa shape index (κ1) is 14.0. The highest BCUT2D eigenvalue weighted by molar-refractivity contribution is 5.93. The van der Waals surface area contributed by atoms with E-state index >= 15 is 0 Å². The van der Waals surface area contributed by atoms with E-state index in [0.717, 1.165) is 11.1 Å². The molecule has 1 aromatic heterocycles. The molecular formula is C17H15N3O2. The van der Waals surface area contributed by atoms with Crippen molar-refractivity contribution in [3.8, 4) is 22.8 Å². The van der Waals surface area contributed by atoms with Crippen LogP contribution in [0.1, 0.15) is 12.5 Å². The Morgan fingerprint density at radius 1 is 1.14 bits per heavy atom. The fraction of sp³-hybridized carbons (Fsp3) is 0.118. The van der Waals surface area contributed by atoms with E-state index in [-0.39, 0.29) is 5.91 Å². The molecule has 3 rings (SSSR count). The summed E-state index contributed by atoms with van der Waals surface area (Å²) in [5.41, 5.74) is 3.37. The van der Waals surface area contributed by atoms with Crippen LogP contribution in [-0.2, 0) is 4.79 Å². The Kier molecular flexibility index (Phi) is 3.70. The number of para-hydroxylation sites is 1. The largest absolute Gasteiger partial charge is 0.334 e. The number of carbonyl (C=O) groups is 1. The summed E-state index contributed by atoms with van der Waals surface area (Å²) in [7, 11) is 0. The lowest BCUT2D eigenvalue weighted by molar-refractivity contribution is -0.114. The Labute approximate surface area is 128 Å². The molecule has 5 heteroatoms. The summed E-state index contributed by atoms with van der Waals surface area (Å²) in [4.78, 5) is 15.7. The quantitative estimate of drug-likeness (QED) is 0.800. The highest BCUT2D eigenvalue weighted by atomic mass is 16.5. The zero-order valence-corrected chi connectivity index (χ0v) is 12.3. The number of hydrogen-bond acceptors (Lipinski definition) is 4. The number of carbonyl (C=O) groups excluding carboxylic acids is 1. The Bertz CT molecular complexity index is 824. The van der Waals surface area contributed by atoms with Crippen LogP contribution in [0, 0.1) is 6.92 Å². The van der Waals surface area contributed by atoms with Gasteiger partial charge in [-0.2, -0.15) is 4.98 Å². The van der Waals surface area contributed by atoms with Crippen molar-refractivity contribution in [3.63, 3.8) is 0 Å². The second-order valence-corrected chi connectivity index (χ2v) is 5.02. The minimum Gasteiger partial charge on any atom is -0.334 e. The van der Waals surface area contributed by atoms with Gasteiger partial charge in [0.15, 0.2) is 0 Å². The normalized spacial score (nSPS) is 10.5. The van der Waals surface area contributed by atoms with Crippen LogP contribution in [0.2, 0.25) is 0 Å².